The first-order valence-electron chi connectivity index (χ1n) is 9.16. The van der Waals surface area contributed by atoms with E-state index in [1.165, 1.54) is 0 Å². The number of terminal acetylenes is 1. The molecular formula is C23H21N3O3. The van der Waals surface area contributed by atoms with Crippen LogP contribution in [-0.4, -0.2) is 22.7 Å². The molecule has 29 heavy (non-hydrogen) atoms. The maximum Gasteiger partial charge on any atom is 0.336 e. The molecule has 0 bridgehead atoms. The summed E-state index contributed by atoms with van der Waals surface area (Å²) < 4.78 is 5.38. The third-order valence-corrected chi connectivity index (χ3v) is 4.99. The van der Waals surface area contributed by atoms with E-state index in [9.17, 15) is 15.2 Å². The van der Waals surface area contributed by atoms with Crippen LogP contribution in [0.2, 0.25) is 0 Å². The van der Waals surface area contributed by atoms with Crippen molar-refractivity contribution in [2.75, 3.05) is 11.9 Å². The highest BCUT2D eigenvalue weighted by atomic mass is 16.5. The van der Waals surface area contributed by atoms with Gasteiger partial charge in [0, 0.05) is 18.3 Å². The predicted molar refractivity (Wildman–Crippen MR) is 109 cm³/mol. The summed E-state index contributed by atoms with van der Waals surface area (Å²) >= 11 is 0. The highest BCUT2D eigenvalue weighted by Crippen LogP contribution is 2.47. The number of nitriles is 1. The van der Waals surface area contributed by atoms with Crippen molar-refractivity contribution in [3.63, 3.8) is 0 Å². The molecule has 1 aromatic carbocycles. The zero-order valence-electron chi connectivity index (χ0n) is 16.5. The minimum absolute atomic E-state index is 0.107. The Hall–Kier alpha value is -3.77. The number of allylic oxidation sites excluding steroid dienone is 1. The predicted octanol–water partition coefficient (Wildman–Crippen LogP) is 3.67. The first-order chi connectivity index (χ1) is 13.9. The molecule has 0 saturated heterocycles. The topological polar surface area (TPSA) is 95.2 Å². The van der Waals surface area contributed by atoms with Gasteiger partial charge in [0.1, 0.15) is 6.61 Å². The van der Waals surface area contributed by atoms with E-state index in [2.05, 4.69) is 22.3 Å². The van der Waals surface area contributed by atoms with Crippen molar-refractivity contribution in [2.45, 2.75) is 33.1 Å². The van der Waals surface area contributed by atoms with Crippen LogP contribution in [0.15, 0.2) is 35.7 Å². The van der Waals surface area contributed by atoms with Gasteiger partial charge in [-0.25, -0.2) is 9.78 Å². The number of hydrogen-bond donors (Lipinski definition) is 2. The van der Waals surface area contributed by atoms with Gasteiger partial charge in [0.25, 0.3) is 0 Å². The Kier molecular flexibility index (Phi) is 5.57. The lowest BCUT2D eigenvalue weighted by atomic mass is 9.78. The minimum Gasteiger partial charge on any atom is -0.493 e. The van der Waals surface area contributed by atoms with Crippen molar-refractivity contribution >= 4 is 11.7 Å². The second kappa shape index (κ2) is 8.08. The summed E-state index contributed by atoms with van der Waals surface area (Å²) in [6, 6.07) is 7.37. The van der Waals surface area contributed by atoms with E-state index in [1.54, 1.807) is 31.3 Å². The first-order valence-corrected chi connectivity index (χ1v) is 9.16. The van der Waals surface area contributed by atoms with Crippen molar-refractivity contribution < 1.29 is 14.6 Å². The molecule has 0 radical (unpaired) electrons. The summed E-state index contributed by atoms with van der Waals surface area (Å²) in [5.41, 5.74) is 5.20. The van der Waals surface area contributed by atoms with Crippen LogP contribution in [0.5, 0.6) is 5.88 Å². The summed E-state index contributed by atoms with van der Waals surface area (Å²) in [4.78, 5) is 17.1. The van der Waals surface area contributed by atoms with E-state index in [-0.39, 0.29) is 12.5 Å². The number of hydrogen-bond acceptors (Lipinski definition) is 6. The normalized spacial score (nSPS) is 15.0. The smallest absolute Gasteiger partial charge is 0.336 e. The van der Waals surface area contributed by atoms with Gasteiger partial charge in [-0.2, -0.15) is 5.26 Å². The number of esters is 1. The van der Waals surface area contributed by atoms with E-state index in [0.717, 1.165) is 16.7 Å². The fraction of sp³-hybridized carbons (Fsp3) is 0.261. The highest BCUT2D eigenvalue weighted by molar-refractivity contribution is 5.95. The molecule has 0 saturated carbocycles. The lowest BCUT2D eigenvalue weighted by Crippen LogP contribution is -2.26. The molecule has 146 valence electrons. The standard InChI is InChI=1S/C23H21N3O3/c1-5-6-9-29-23(28)18-15(4)26-21-14(3)12-25-22(27)20(21)19(18)17-8-7-16(11-24)10-13(17)2/h1,7-8,10,12,19,26H,6,9H2,2-4H3,(H,25,27)/t19-/m1/s1. The van der Waals surface area contributed by atoms with Crippen molar-refractivity contribution in [1.29, 1.82) is 5.26 Å². The number of nitrogens with zero attached hydrogens (tertiary/aromatic N) is 2. The molecule has 1 aliphatic rings. The summed E-state index contributed by atoms with van der Waals surface area (Å²) in [7, 11) is 0. The van der Waals surface area contributed by atoms with E-state index < -0.39 is 11.9 Å². The molecule has 0 spiro atoms. The molecule has 2 N–H and O–H groups in total. The quantitative estimate of drug-likeness (QED) is 0.472. The Bertz CT molecular complexity index is 1100. The van der Waals surface area contributed by atoms with Crippen molar-refractivity contribution in [1.82, 2.24) is 4.98 Å². The van der Waals surface area contributed by atoms with Gasteiger partial charge in [0.15, 0.2) is 0 Å². The second-order valence-electron chi connectivity index (χ2n) is 6.92. The molecule has 0 fully saturated rings. The average molecular weight is 387 g/mol. The number of carbonyl (C=O) groups excluding carboxylic acids is 1. The van der Waals surface area contributed by atoms with Crippen LogP contribution in [0.25, 0.3) is 0 Å². The zero-order chi connectivity index (χ0) is 21.1. The van der Waals surface area contributed by atoms with Gasteiger partial charge in [-0.15, -0.1) is 12.3 Å². The Morgan fingerprint density at radius 2 is 2.10 bits per heavy atom. The van der Waals surface area contributed by atoms with Gasteiger partial charge in [0.2, 0.25) is 5.88 Å². The SMILES string of the molecule is C#CCCOC(=O)C1=C(C)Nc2c(C)cnc(O)c2[C@@H]1c1ccc(C#N)cc1C. The van der Waals surface area contributed by atoms with Crippen molar-refractivity contribution in [3.05, 3.63) is 63.5 Å². The molecule has 0 unspecified atom stereocenters. The average Bonchev–Trinajstić information content (AvgIpc) is 2.70. The number of rotatable bonds is 4. The summed E-state index contributed by atoms with van der Waals surface area (Å²) in [5.74, 6) is 1.18. The molecule has 1 aliphatic heterocycles. The largest absolute Gasteiger partial charge is 0.493 e. The molecule has 6 nitrogen and oxygen atoms in total. The van der Waals surface area contributed by atoms with Crippen LogP contribution < -0.4 is 5.32 Å². The lowest BCUT2D eigenvalue weighted by molar-refractivity contribution is -0.139. The molecule has 0 aliphatic carbocycles. The molecule has 3 rings (SSSR count). The molecule has 1 aromatic heterocycles. The molecule has 6 heteroatoms. The Balaban J connectivity index is 2.22. The van der Waals surface area contributed by atoms with E-state index >= 15 is 0 Å². The number of aromatic hydroxyl groups is 1. The van der Waals surface area contributed by atoms with Crippen LogP contribution in [0.4, 0.5) is 5.69 Å². The molecule has 1 atom stereocenters. The fourth-order valence-corrected chi connectivity index (χ4v) is 3.60. The number of aryl methyl sites for hydroxylation is 2. The minimum atomic E-state index is -0.593. The number of nitrogens with one attached hydrogen (secondary N) is 1. The second-order valence-corrected chi connectivity index (χ2v) is 6.92. The maximum atomic E-state index is 13.0. The van der Waals surface area contributed by atoms with Crippen LogP contribution in [0, 0.1) is 37.5 Å². The maximum absolute atomic E-state index is 13.0. The zero-order valence-corrected chi connectivity index (χ0v) is 16.5. The van der Waals surface area contributed by atoms with Crippen LogP contribution in [-0.2, 0) is 9.53 Å². The third-order valence-electron chi connectivity index (χ3n) is 4.99. The number of fused-ring (bicyclic) bond motifs is 1. The summed E-state index contributed by atoms with van der Waals surface area (Å²) in [6.07, 6.45) is 7.14. The Morgan fingerprint density at radius 1 is 1.34 bits per heavy atom. The molecular weight excluding hydrogens is 366 g/mol. The molecule has 0 amide bonds. The lowest BCUT2D eigenvalue weighted by Gasteiger charge is -2.32. The van der Waals surface area contributed by atoms with E-state index in [4.69, 9.17) is 11.2 Å². The number of ether oxygens (including phenoxy) is 1. The number of anilines is 1. The Labute approximate surface area is 169 Å². The van der Waals surface area contributed by atoms with Gasteiger partial charge in [0.05, 0.1) is 34.4 Å². The number of benzene rings is 1. The van der Waals surface area contributed by atoms with Gasteiger partial charge in [-0.3, -0.25) is 0 Å². The van der Waals surface area contributed by atoms with Gasteiger partial charge < -0.3 is 15.2 Å². The summed E-state index contributed by atoms with van der Waals surface area (Å²) in [6.45, 7) is 5.65. The number of aromatic nitrogens is 1. The van der Waals surface area contributed by atoms with Gasteiger partial charge in [-0.05, 0) is 49.6 Å². The number of carbonyl (C=O) groups is 1. The number of pyridine rings is 1. The van der Waals surface area contributed by atoms with Crippen LogP contribution in [0.3, 0.4) is 0 Å². The van der Waals surface area contributed by atoms with Gasteiger partial charge >= 0.3 is 5.97 Å². The van der Waals surface area contributed by atoms with Crippen LogP contribution in [0.1, 0.15) is 47.1 Å². The third kappa shape index (κ3) is 3.66. The highest BCUT2D eigenvalue weighted by Gasteiger charge is 2.37. The van der Waals surface area contributed by atoms with Gasteiger partial charge in [-0.1, -0.05) is 6.07 Å². The van der Waals surface area contributed by atoms with E-state index in [0.29, 0.717) is 34.5 Å². The molecule has 2 aromatic rings. The molecule has 2 heterocycles. The monoisotopic (exact) mass is 387 g/mol. The fourth-order valence-electron chi connectivity index (χ4n) is 3.60. The first kappa shape index (κ1) is 20.0. The Morgan fingerprint density at radius 3 is 2.76 bits per heavy atom. The van der Waals surface area contributed by atoms with Crippen molar-refractivity contribution in [2.24, 2.45) is 0 Å². The van der Waals surface area contributed by atoms with Crippen LogP contribution >= 0.6 is 0 Å². The summed E-state index contributed by atoms with van der Waals surface area (Å²) in [5, 5.41) is 23.0. The van der Waals surface area contributed by atoms with Crippen molar-refractivity contribution in [3.8, 4) is 24.3 Å². The van der Waals surface area contributed by atoms with E-state index in [1.807, 2.05) is 13.8 Å².